The minimum absolute atomic E-state index is 0.117. The van der Waals surface area contributed by atoms with Crippen molar-refractivity contribution in [2.45, 2.75) is 52.8 Å². The largest absolute Gasteiger partial charge is 0.443 e. The molecule has 0 saturated carbocycles. The second kappa shape index (κ2) is 8.95. The molecule has 0 N–H and O–H groups in total. The molecule has 0 radical (unpaired) electrons. The molecule has 27 heavy (non-hydrogen) atoms. The predicted molar refractivity (Wildman–Crippen MR) is 95.4 cm³/mol. The van der Waals surface area contributed by atoms with E-state index in [9.17, 15) is 19.7 Å². The summed E-state index contributed by atoms with van der Waals surface area (Å²) in [5.41, 5.74) is 7.72. The first-order valence-electron chi connectivity index (χ1n) is 8.14. The van der Waals surface area contributed by atoms with Gasteiger partial charge in [0, 0.05) is 23.2 Å². The van der Waals surface area contributed by atoms with E-state index >= 15 is 0 Å². The number of hydrogen-bond acceptors (Lipinski definition) is 7. The minimum atomic E-state index is -1.14. The zero-order valence-electron chi connectivity index (χ0n) is 15.8. The van der Waals surface area contributed by atoms with Crippen LogP contribution in [0.15, 0.2) is 23.4 Å². The van der Waals surface area contributed by atoms with Gasteiger partial charge in [0.1, 0.15) is 11.6 Å². The van der Waals surface area contributed by atoms with Crippen LogP contribution in [0.5, 0.6) is 0 Å². The molecular weight excluding hydrogens is 356 g/mol. The Bertz CT molecular complexity index is 767. The summed E-state index contributed by atoms with van der Waals surface area (Å²) < 4.78 is 5.25. The molecule has 11 nitrogen and oxygen atoms in total. The fourth-order valence-electron chi connectivity index (χ4n) is 2.06. The number of amides is 2. The summed E-state index contributed by atoms with van der Waals surface area (Å²) in [4.78, 5) is 43.1. The number of aromatic nitrogens is 1. The Morgan fingerprint density at radius 2 is 2.07 bits per heavy atom. The summed E-state index contributed by atoms with van der Waals surface area (Å²) in [6.45, 7) is 7.86. The Balaban J connectivity index is 3.27. The fraction of sp³-hybridized carbons (Fsp3) is 0.562. The zero-order chi connectivity index (χ0) is 20.8. The summed E-state index contributed by atoms with van der Waals surface area (Å²) in [7, 11) is 0. The first-order chi connectivity index (χ1) is 12.5. The number of pyridine rings is 1. The summed E-state index contributed by atoms with van der Waals surface area (Å²) in [5, 5.41) is 14.4. The molecule has 0 fully saturated rings. The summed E-state index contributed by atoms with van der Waals surface area (Å²) in [5.74, 6) is -1.15. The smallest absolute Gasteiger partial charge is 0.417 e. The van der Waals surface area contributed by atoms with Gasteiger partial charge in [-0.05, 0) is 32.2 Å². The third-order valence-electron chi connectivity index (χ3n) is 3.27. The quantitative estimate of drug-likeness (QED) is 0.242. The third-order valence-corrected chi connectivity index (χ3v) is 3.27. The van der Waals surface area contributed by atoms with Crippen LogP contribution in [0.25, 0.3) is 10.4 Å². The van der Waals surface area contributed by atoms with E-state index in [4.69, 9.17) is 10.3 Å². The monoisotopic (exact) mass is 378 g/mol. The molecule has 11 heteroatoms. The zero-order valence-corrected chi connectivity index (χ0v) is 15.8. The number of carbonyl (C=O) groups is 2. The molecule has 0 aliphatic carbocycles. The van der Waals surface area contributed by atoms with Gasteiger partial charge in [0.15, 0.2) is 0 Å². The average Bonchev–Trinajstić information content (AvgIpc) is 2.55. The van der Waals surface area contributed by atoms with E-state index in [-0.39, 0.29) is 23.8 Å². The van der Waals surface area contributed by atoms with Crippen LogP contribution in [-0.4, -0.2) is 38.5 Å². The SMILES string of the molecule is CC(C)C(N=[N+]=[N-])C(=O)N(Cc1cc([N+](=O)[O-])ccn1)C(=O)OC(C)(C)C. The van der Waals surface area contributed by atoms with Gasteiger partial charge in [-0.3, -0.25) is 19.9 Å². The van der Waals surface area contributed by atoms with Crippen LogP contribution in [0.3, 0.4) is 0 Å². The second-order valence-corrected chi connectivity index (χ2v) is 7.06. The number of azide groups is 1. The van der Waals surface area contributed by atoms with E-state index in [0.29, 0.717) is 0 Å². The topological polar surface area (TPSA) is 151 Å². The van der Waals surface area contributed by atoms with Crippen molar-refractivity contribution < 1.29 is 19.2 Å². The highest BCUT2D eigenvalue weighted by Crippen LogP contribution is 2.19. The number of nitro groups is 1. The van der Waals surface area contributed by atoms with Gasteiger partial charge in [-0.25, -0.2) is 9.69 Å². The van der Waals surface area contributed by atoms with Crippen molar-refractivity contribution >= 4 is 17.7 Å². The van der Waals surface area contributed by atoms with E-state index in [1.165, 1.54) is 12.3 Å². The Hall–Kier alpha value is -3.20. The molecule has 1 heterocycles. The Morgan fingerprint density at radius 1 is 1.44 bits per heavy atom. The molecule has 1 aromatic rings. The van der Waals surface area contributed by atoms with E-state index in [1.54, 1.807) is 34.6 Å². The molecule has 0 aromatic carbocycles. The van der Waals surface area contributed by atoms with Gasteiger partial charge >= 0.3 is 6.09 Å². The minimum Gasteiger partial charge on any atom is -0.443 e. The van der Waals surface area contributed by atoms with Crippen molar-refractivity contribution in [1.82, 2.24) is 9.88 Å². The Morgan fingerprint density at radius 3 is 2.56 bits per heavy atom. The molecule has 146 valence electrons. The molecule has 0 aliphatic heterocycles. The average molecular weight is 378 g/mol. The fourth-order valence-corrected chi connectivity index (χ4v) is 2.06. The highest BCUT2D eigenvalue weighted by Gasteiger charge is 2.33. The number of ether oxygens (including phenoxy) is 1. The van der Waals surface area contributed by atoms with E-state index in [2.05, 4.69) is 15.0 Å². The lowest BCUT2D eigenvalue weighted by atomic mass is 10.0. The van der Waals surface area contributed by atoms with Gasteiger partial charge in [-0.1, -0.05) is 19.0 Å². The maximum atomic E-state index is 12.8. The Labute approximate surface area is 156 Å². The molecule has 1 rings (SSSR count). The van der Waals surface area contributed by atoms with E-state index in [0.717, 1.165) is 11.0 Å². The third kappa shape index (κ3) is 6.55. The lowest BCUT2D eigenvalue weighted by molar-refractivity contribution is -0.385. The van der Waals surface area contributed by atoms with Crippen molar-refractivity contribution in [3.05, 3.63) is 44.6 Å². The number of rotatable bonds is 6. The van der Waals surface area contributed by atoms with Crippen molar-refractivity contribution in [2.75, 3.05) is 0 Å². The maximum absolute atomic E-state index is 12.8. The van der Waals surface area contributed by atoms with Crippen LogP contribution >= 0.6 is 0 Å². The van der Waals surface area contributed by atoms with Crippen molar-refractivity contribution in [1.29, 1.82) is 0 Å². The molecule has 1 aromatic heterocycles. The maximum Gasteiger partial charge on any atom is 0.417 e. The molecule has 0 aliphatic rings. The van der Waals surface area contributed by atoms with Gasteiger partial charge in [-0.2, -0.15) is 0 Å². The van der Waals surface area contributed by atoms with Gasteiger partial charge in [0.05, 0.1) is 17.2 Å². The predicted octanol–water partition coefficient (Wildman–Crippen LogP) is 3.59. The summed E-state index contributed by atoms with van der Waals surface area (Å²) in [6.07, 6.45) is 0.248. The van der Waals surface area contributed by atoms with Crippen LogP contribution in [0.2, 0.25) is 0 Å². The highest BCUT2D eigenvalue weighted by molar-refractivity contribution is 5.95. The molecule has 0 saturated heterocycles. The summed E-state index contributed by atoms with van der Waals surface area (Å²) in [6, 6.07) is 1.21. The molecule has 1 unspecified atom stereocenters. The van der Waals surface area contributed by atoms with Crippen LogP contribution in [0.1, 0.15) is 40.3 Å². The van der Waals surface area contributed by atoms with Gasteiger partial charge in [0.2, 0.25) is 5.91 Å². The van der Waals surface area contributed by atoms with Gasteiger partial charge < -0.3 is 4.74 Å². The second-order valence-electron chi connectivity index (χ2n) is 7.06. The number of carbonyl (C=O) groups excluding carboxylic acids is 2. The van der Waals surface area contributed by atoms with Crippen molar-refractivity contribution in [3.8, 4) is 0 Å². The standard InChI is InChI=1S/C16H22N6O5/c1-10(2)13(19-20-17)14(23)21(15(24)27-16(3,4)5)9-11-8-12(22(25)26)6-7-18-11/h6-8,10,13H,9H2,1-5H3. The first-order valence-corrected chi connectivity index (χ1v) is 8.14. The van der Waals surface area contributed by atoms with Crippen LogP contribution < -0.4 is 0 Å². The van der Waals surface area contributed by atoms with E-state index in [1.807, 2.05) is 0 Å². The summed E-state index contributed by atoms with van der Waals surface area (Å²) >= 11 is 0. The lowest BCUT2D eigenvalue weighted by Gasteiger charge is -2.28. The molecule has 1 atom stereocenters. The van der Waals surface area contributed by atoms with Gasteiger partial charge in [0.25, 0.3) is 5.69 Å². The molecule has 0 bridgehead atoms. The van der Waals surface area contributed by atoms with Gasteiger partial charge in [-0.15, -0.1) is 0 Å². The highest BCUT2D eigenvalue weighted by atomic mass is 16.6. The van der Waals surface area contributed by atoms with Crippen LogP contribution in [-0.2, 0) is 16.1 Å². The van der Waals surface area contributed by atoms with Crippen molar-refractivity contribution in [2.24, 2.45) is 11.0 Å². The number of nitrogens with zero attached hydrogens (tertiary/aromatic N) is 6. The van der Waals surface area contributed by atoms with Crippen molar-refractivity contribution in [3.63, 3.8) is 0 Å². The number of imide groups is 1. The normalized spacial score (nSPS) is 12.1. The van der Waals surface area contributed by atoms with Crippen LogP contribution in [0.4, 0.5) is 10.5 Å². The number of hydrogen-bond donors (Lipinski definition) is 0. The Kier molecular flexibility index (Phi) is 7.24. The lowest BCUT2D eigenvalue weighted by Crippen LogP contribution is -2.46. The molecule has 2 amide bonds. The first kappa shape index (κ1) is 21.8. The molecule has 0 spiro atoms. The van der Waals surface area contributed by atoms with Crippen LogP contribution in [0, 0.1) is 16.0 Å². The van der Waals surface area contributed by atoms with E-state index < -0.39 is 28.6 Å². The molecular formula is C16H22N6O5.